The van der Waals surface area contributed by atoms with Crippen molar-refractivity contribution in [2.24, 2.45) is 0 Å². The normalized spacial score (nSPS) is 20.9. The molecular weight excluding hydrogens is 246 g/mol. The summed E-state index contributed by atoms with van der Waals surface area (Å²) in [5, 5.41) is 14.3. The number of benzene rings is 1. The zero-order valence-electron chi connectivity index (χ0n) is 12.7. The van der Waals surface area contributed by atoms with Crippen LogP contribution >= 0.6 is 0 Å². The summed E-state index contributed by atoms with van der Waals surface area (Å²) in [6, 6.07) is 10.8. The fourth-order valence-corrected chi connectivity index (χ4v) is 3.24. The third-order valence-corrected chi connectivity index (χ3v) is 4.52. The number of rotatable bonds is 5. The van der Waals surface area contributed by atoms with Gasteiger partial charge in [0, 0.05) is 12.1 Å². The standard InChI is InChI=1S/C18H29NO/c1-2-17(18(20)15-11-7-6-8-12-15)19-16-13-9-4-3-5-10-14-16/h6-8,11-12,16-20H,2-5,9-10,13-14H2,1H3. The van der Waals surface area contributed by atoms with Crippen LogP contribution in [0.5, 0.6) is 0 Å². The molecule has 0 radical (unpaired) electrons. The highest BCUT2D eigenvalue weighted by Gasteiger charge is 2.22. The SMILES string of the molecule is CCC(NC1CCCCCCC1)C(O)c1ccccc1. The number of hydrogen-bond acceptors (Lipinski definition) is 2. The molecule has 112 valence electrons. The molecule has 2 atom stereocenters. The van der Waals surface area contributed by atoms with E-state index in [-0.39, 0.29) is 6.04 Å². The van der Waals surface area contributed by atoms with E-state index in [0.717, 1.165) is 12.0 Å². The topological polar surface area (TPSA) is 32.3 Å². The lowest BCUT2D eigenvalue weighted by Gasteiger charge is -2.30. The van der Waals surface area contributed by atoms with Gasteiger partial charge in [0.1, 0.15) is 0 Å². The third-order valence-electron chi connectivity index (χ3n) is 4.52. The van der Waals surface area contributed by atoms with Crippen LogP contribution in [-0.4, -0.2) is 17.2 Å². The second-order valence-corrected chi connectivity index (χ2v) is 6.08. The van der Waals surface area contributed by atoms with E-state index in [0.29, 0.717) is 6.04 Å². The Morgan fingerprint density at radius 2 is 1.65 bits per heavy atom. The minimum atomic E-state index is -0.397. The van der Waals surface area contributed by atoms with Crippen molar-refractivity contribution < 1.29 is 5.11 Å². The van der Waals surface area contributed by atoms with Gasteiger partial charge in [-0.1, -0.05) is 69.4 Å². The molecule has 1 fully saturated rings. The van der Waals surface area contributed by atoms with Gasteiger partial charge in [0.2, 0.25) is 0 Å². The predicted octanol–water partition coefficient (Wildman–Crippen LogP) is 4.20. The van der Waals surface area contributed by atoms with Gasteiger partial charge in [-0.25, -0.2) is 0 Å². The molecule has 2 nitrogen and oxygen atoms in total. The Labute approximate surface area is 123 Å². The van der Waals surface area contributed by atoms with Gasteiger partial charge in [-0.15, -0.1) is 0 Å². The second kappa shape index (κ2) is 8.43. The molecule has 0 spiro atoms. The molecule has 0 bridgehead atoms. The zero-order valence-corrected chi connectivity index (χ0v) is 12.7. The van der Waals surface area contributed by atoms with E-state index in [2.05, 4.69) is 12.2 Å². The van der Waals surface area contributed by atoms with Gasteiger partial charge in [0.15, 0.2) is 0 Å². The van der Waals surface area contributed by atoms with Crippen LogP contribution in [0.4, 0.5) is 0 Å². The molecule has 1 aromatic rings. The quantitative estimate of drug-likeness (QED) is 0.844. The van der Waals surface area contributed by atoms with Crippen LogP contribution in [0.25, 0.3) is 0 Å². The van der Waals surface area contributed by atoms with E-state index < -0.39 is 6.10 Å². The first-order valence-corrected chi connectivity index (χ1v) is 8.30. The molecule has 2 rings (SSSR count). The summed E-state index contributed by atoms with van der Waals surface area (Å²) in [5.74, 6) is 0. The lowest BCUT2D eigenvalue weighted by atomic mass is 9.94. The van der Waals surface area contributed by atoms with Crippen LogP contribution in [0.2, 0.25) is 0 Å². The Kier molecular flexibility index (Phi) is 6.55. The van der Waals surface area contributed by atoms with Gasteiger partial charge in [0.25, 0.3) is 0 Å². The van der Waals surface area contributed by atoms with Crippen LogP contribution in [-0.2, 0) is 0 Å². The van der Waals surface area contributed by atoms with Crippen LogP contribution in [0.1, 0.15) is 70.0 Å². The molecule has 2 unspecified atom stereocenters. The van der Waals surface area contributed by atoms with E-state index in [4.69, 9.17) is 0 Å². The van der Waals surface area contributed by atoms with Crippen molar-refractivity contribution >= 4 is 0 Å². The van der Waals surface area contributed by atoms with E-state index in [9.17, 15) is 5.11 Å². The Morgan fingerprint density at radius 3 is 2.25 bits per heavy atom. The summed E-state index contributed by atoms with van der Waals surface area (Å²) in [4.78, 5) is 0. The molecule has 1 aliphatic carbocycles. The molecule has 0 amide bonds. The molecule has 0 aromatic heterocycles. The number of aliphatic hydroxyl groups is 1. The maximum Gasteiger partial charge on any atom is 0.0942 e. The highest BCUT2D eigenvalue weighted by molar-refractivity contribution is 5.18. The first-order chi connectivity index (χ1) is 9.81. The minimum Gasteiger partial charge on any atom is -0.387 e. The Hall–Kier alpha value is -0.860. The van der Waals surface area contributed by atoms with E-state index in [1.807, 2.05) is 30.3 Å². The van der Waals surface area contributed by atoms with Crippen LogP contribution in [0, 0.1) is 0 Å². The van der Waals surface area contributed by atoms with Crippen molar-refractivity contribution in [2.45, 2.75) is 76.5 Å². The maximum atomic E-state index is 10.6. The smallest absolute Gasteiger partial charge is 0.0942 e. The molecule has 0 saturated heterocycles. The minimum absolute atomic E-state index is 0.168. The van der Waals surface area contributed by atoms with Gasteiger partial charge in [-0.05, 0) is 24.8 Å². The lowest BCUT2D eigenvalue weighted by molar-refractivity contribution is 0.116. The highest BCUT2D eigenvalue weighted by Crippen LogP contribution is 2.22. The molecule has 1 saturated carbocycles. The Morgan fingerprint density at radius 1 is 1.05 bits per heavy atom. The van der Waals surface area contributed by atoms with Crippen LogP contribution < -0.4 is 5.32 Å². The van der Waals surface area contributed by atoms with Crippen LogP contribution in [0.3, 0.4) is 0 Å². The number of hydrogen-bond donors (Lipinski definition) is 2. The Balaban J connectivity index is 1.93. The van der Waals surface area contributed by atoms with E-state index >= 15 is 0 Å². The molecule has 2 N–H and O–H groups in total. The zero-order chi connectivity index (χ0) is 14.2. The fourth-order valence-electron chi connectivity index (χ4n) is 3.24. The summed E-state index contributed by atoms with van der Waals surface area (Å²) >= 11 is 0. The average molecular weight is 275 g/mol. The van der Waals surface area contributed by atoms with Gasteiger partial charge in [0.05, 0.1) is 6.10 Å². The van der Waals surface area contributed by atoms with Crippen molar-refractivity contribution in [3.8, 4) is 0 Å². The molecular formula is C18H29NO. The fraction of sp³-hybridized carbons (Fsp3) is 0.667. The van der Waals surface area contributed by atoms with Gasteiger partial charge in [-0.3, -0.25) is 0 Å². The molecule has 0 aliphatic heterocycles. The number of aliphatic hydroxyl groups excluding tert-OH is 1. The van der Waals surface area contributed by atoms with E-state index in [1.165, 1.54) is 44.9 Å². The summed E-state index contributed by atoms with van der Waals surface area (Å²) in [5.41, 5.74) is 1.03. The predicted molar refractivity (Wildman–Crippen MR) is 84.7 cm³/mol. The lowest BCUT2D eigenvalue weighted by Crippen LogP contribution is -2.42. The van der Waals surface area contributed by atoms with Crippen LogP contribution in [0.15, 0.2) is 30.3 Å². The van der Waals surface area contributed by atoms with Crippen molar-refractivity contribution in [1.82, 2.24) is 5.32 Å². The van der Waals surface area contributed by atoms with Crippen molar-refractivity contribution in [1.29, 1.82) is 0 Å². The largest absolute Gasteiger partial charge is 0.387 e. The molecule has 2 heteroatoms. The second-order valence-electron chi connectivity index (χ2n) is 6.08. The molecule has 1 aromatic carbocycles. The summed E-state index contributed by atoms with van der Waals surface area (Å²) in [6.07, 6.45) is 9.89. The Bertz CT molecular complexity index is 357. The van der Waals surface area contributed by atoms with Gasteiger partial charge in [-0.2, -0.15) is 0 Å². The molecule has 20 heavy (non-hydrogen) atoms. The van der Waals surface area contributed by atoms with Crippen molar-refractivity contribution in [3.63, 3.8) is 0 Å². The first-order valence-electron chi connectivity index (χ1n) is 8.30. The number of nitrogens with one attached hydrogen (secondary N) is 1. The highest BCUT2D eigenvalue weighted by atomic mass is 16.3. The maximum absolute atomic E-state index is 10.6. The van der Waals surface area contributed by atoms with Gasteiger partial charge >= 0.3 is 0 Å². The van der Waals surface area contributed by atoms with Crippen molar-refractivity contribution in [3.05, 3.63) is 35.9 Å². The summed E-state index contributed by atoms with van der Waals surface area (Å²) in [6.45, 7) is 2.16. The third kappa shape index (κ3) is 4.60. The summed E-state index contributed by atoms with van der Waals surface area (Å²) in [7, 11) is 0. The average Bonchev–Trinajstić information content (AvgIpc) is 2.46. The molecule has 1 aliphatic rings. The van der Waals surface area contributed by atoms with Crippen molar-refractivity contribution in [2.75, 3.05) is 0 Å². The molecule has 0 heterocycles. The first kappa shape index (κ1) is 15.5. The van der Waals surface area contributed by atoms with E-state index in [1.54, 1.807) is 0 Å². The summed E-state index contributed by atoms with van der Waals surface area (Å²) < 4.78 is 0. The van der Waals surface area contributed by atoms with Gasteiger partial charge < -0.3 is 10.4 Å². The monoisotopic (exact) mass is 275 g/mol.